The summed E-state index contributed by atoms with van der Waals surface area (Å²) in [4.78, 5) is 15.1. The van der Waals surface area contributed by atoms with Crippen LogP contribution in [0.5, 0.6) is 5.75 Å². The van der Waals surface area contributed by atoms with Gasteiger partial charge in [-0.1, -0.05) is 11.6 Å². The van der Waals surface area contributed by atoms with E-state index in [1.807, 2.05) is 19.1 Å². The number of hydrogen-bond acceptors (Lipinski definition) is 6. The summed E-state index contributed by atoms with van der Waals surface area (Å²) in [6.45, 7) is 3.24. The Hall–Kier alpha value is -2.51. The number of fused-ring (bicyclic) bond motifs is 1. The first-order chi connectivity index (χ1) is 14.0. The van der Waals surface area contributed by atoms with Crippen molar-refractivity contribution in [3.05, 3.63) is 53.2 Å². The minimum atomic E-state index is -0.283. The maximum atomic E-state index is 14.1. The van der Waals surface area contributed by atoms with Crippen LogP contribution in [-0.2, 0) is 0 Å². The van der Waals surface area contributed by atoms with Crippen molar-refractivity contribution in [1.82, 2.24) is 15.0 Å². The molecule has 152 valence electrons. The van der Waals surface area contributed by atoms with Crippen LogP contribution in [0.2, 0.25) is 5.15 Å². The van der Waals surface area contributed by atoms with E-state index in [0.717, 1.165) is 37.2 Å². The first-order valence-electron chi connectivity index (χ1n) is 9.74. The van der Waals surface area contributed by atoms with E-state index >= 15 is 0 Å². The van der Waals surface area contributed by atoms with Crippen LogP contribution in [0.3, 0.4) is 0 Å². The Morgan fingerprint density at radius 1 is 1.31 bits per heavy atom. The summed E-state index contributed by atoms with van der Waals surface area (Å²) in [5, 5.41) is 0.318. The third-order valence-corrected chi connectivity index (χ3v) is 5.41. The molecule has 2 atom stereocenters. The number of pyridine rings is 1. The van der Waals surface area contributed by atoms with Gasteiger partial charge < -0.3 is 15.4 Å². The lowest BCUT2D eigenvalue weighted by atomic mass is 10.0. The highest BCUT2D eigenvalue weighted by Gasteiger charge is 2.30. The largest absolute Gasteiger partial charge is 0.493 e. The van der Waals surface area contributed by atoms with E-state index in [9.17, 15) is 4.39 Å². The number of rotatable bonds is 6. The molecule has 0 saturated carbocycles. The van der Waals surface area contributed by atoms with Gasteiger partial charge in [0.2, 0.25) is 0 Å². The molecule has 0 radical (unpaired) electrons. The Morgan fingerprint density at radius 2 is 2.17 bits per heavy atom. The van der Waals surface area contributed by atoms with Crippen molar-refractivity contribution in [3.63, 3.8) is 0 Å². The molecule has 3 aromatic rings. The van der Waals surface area contributed by atoms with Crippen molar-refractivity contribution in [2.24, 2.45) is 5.73 Å². The van der Waals surface area contributed by atoms with Gasteiger partial charge in [0.15, 0.2) is 5.15 Å². The normalized spacial score (nSPS) is 17.7. The maximum Gasteiger partial charge on any atom is 0.158 e. The van der Waals surface area contributed by atoms with Crippen LogP contribution in [0.1, 0.15) is 37.8 Å². The van der Waals surface area contributed by atoms with Crippen molar-refractivity contribution in [3.8, 4) is 5.75 Å². The van der Waals surface area contributed by atoms with Gasteiger partial charge in [0.05, 0.1) is 18.2 Å². The second-order valence-electron chi connectivity index (χ2n) is 7.35. The van der Waals surface area contributed by atoms with Crippen LogP contribution in [-0.4, -0.2) is 34.1 Å². The molecule has 1 saturated heterocycles. The first kappa shape index (κ1) is 19.8. The second-order valence-corrected chi connectivity index (χ2v) is 7.71. The van der Waals surface area contributed by atoms with Crippen LogP contribution in [0, 0.1) is 5.82 Å². The van der Waals surface area contributed by atoms with Crippen molar-refractivity contribution < 1.29 is 9.13 Å². The molecule has 8 heteroatoms. The van der Waals surface area contributed by atoms with E-state index in [1.165, 1.54) is 12.4 Å². The van der Waals surface area contributed by atoms with Crippen molar-refractivity contribution in [2.45, 2.75) is 38.3 Å². The average Bonchev–Trinajstić information content (AvgIpc) is 3.18. The molecule has 0 amide bonds. The topological polar surface area (TPSA) is 77.2 Å². The van der Waals surface area contributed by atoms with E-state index in [2.05, 4.69) is 19.9 Å². The van der Waals surface area contributed by atoms with Gasteiger partial charge in [0.1, 0.15) is 29.2 Å². The van der Waals surface area contributed by atoms with Crippen molar-refractivity contribution in [1.29, 1.82) is 0 Å². The fourth-order valence-corrected chi connectivity index (χ4v) is 3.87. The number of halogens is 2. The highest BCUT2D eigenvalue weighted by atomic mass is 35.5. The zero-order valence-electron chi connectivity index (χ0n) is 16.2. The molecule has 6 nitrogen and oxygen atoms in total. The van der Waals surface area contributed by atoms with Gasteiger partial charge in [-0.2, -0.15) is 0 Å². The lowest BCUT2D eigenvalue weighted by Crippen LogP contribution is -2.24. The lowest BCUT2D eigenvalue weighted by Gasteiger charge is -2.28. The van der Waals surface area contributed by atoms with Crippen molar-refractivity contribution >= 4 is 28.5 Å². The minimum Gasteiger partial charge on any atom is -0.493 e. The summed E-state index contributed by atoms with van der Waals surface area (Å²) in [5.74, 6) is 1.17. The number of nitrogens with two attached hydrogens (primary N) is 1. The van der Waals surface area contributed by atoms with Crippen LogP contribution in [0.4, 0.5) is 10.2 Å². The van der Waals surface area contributed by atoms with Gasteiger partial charge in [0.25, 0.3) is 0 Å². The Bertz CT molecular complexity index is 1020. The Balaban J connectivity index is 1.66. The number of benzene rings is 1. The summed E-state index contributed by atoms with van der Waals surface area (Å²) in [6, 6.07) is 8.49. The van der Waals surface area contributed by atoms with Gasteiger partial charge in [0, 0.05) is 18.2 Å². The van der Waals surface area contributed by atoms with E-state index in [1.54, 1.807) is 12.1 Å². The molecule has 1 fully saturated rings. The van der Waals surface area contributed by atoms with Gasteiger partial charge >= 0.3 is 0 Å². The molecular formula is C21H23ClFN5O. The molecule has 2 N–H and O–H groups in total. The highest BCUT2D eigenvalue weighted by Crippen LogP contribution is 2.40. The first-order valence-corrected chi connectivity index (χ1v) is 10.1. The summed E-state index contributed by atoms with van der Waals surface area (Å²) >= 11 is 6.21. The summed E-state index contributed by atoms with van der Waals surface area (Å²) < 4.78 is 20.1. The number of nitrogens with zero attached hydrogens (tertiary/aromatic N) is 4. The van der Waals surface area contributed by atoms with Gasteiger partial charge in [-0.15, -0.1) is 0 Å². The van der Waals surface area contributed by atoms with Gasteiger partial charge in [-0.3, -0.25) is 0 Å². The van der Waals surface area contributed by atoms with Crippen LogP contribution in [0.25, 0.3) is 11.0 Å². The summed E-state index contributed by atoms with van der Waals surface area (Å²) in [6.07, 6.45) is 4.00. The fourth-order valence-electron chi connectivity index (χ4n) is 3.69. The lowest BCUT2D eigenvalue weighted by molar-refractivity contribution is 0.296. The zero-order valence-corrected chi connectivity index (χ0v) is 16.9. The predicted octanol–water partition coefficient (Wildman–Crippen LogP) is 4.27. The van der Waals surface area contributed by atoms with E-state index in [4.69, 9.17) is 22.1 Å². The third kappa shape index (κ3) is 4.26. The monoisotopic (exact) mass is 415 g/mol. The smallest absolute Gasteiger partial charge is 0.158 e. The minimum absolute atomic E-state index is 0.0376. The standard InChI is InChI=1S/C21H23ClFN5O/c1-13(24)8-10-29-18-6-4-14(23)11-15(18)17-3-2-9-28(17)19-7-5-16-20(27-19)21(22)26-12-25-16/h4-7,11-13,17H,2-3,8-10,24H2,1H3/t13?,17-/m1/s1. The Morgan fingerprint density at radius 3 is 3.00 bits per heavy atom. The molecule has 1 aliphatic heterocycles. The molecule has 4 rings (SSSR count). The molecule has 2 aromatic heterocycles. The molecule has 1 aliphatic rings. The third-order valence-electron chi connectivity index (χ3n) is 5.13. The van der Waals surface area contributed by atoms with Crippen molar-refractivity contribution in [2.75, 3.05) is 18.1 Å². The summed E-state index contributed by atoms with van der Waals surface area (Å²) in [5.41, 5.74) is 7.89. The molecule has 1 unspecified atom stereocenters. The molecule has 0 aliphatic carbocycles. The fraction of sp³-hybridized carbons (Fsp3) is 0.381. The highest BCUT2D eigenvalue weighted by molar-refractivity contribution is 6.33. The molecule has 29 heavy (non-hydrogen) atoms. The molecule has 0 bridgehead atoms. The maximum absolute atomic E-state index is 14.1. The molecular weight excluding hydrogens is 393 g/mol. The van der Waals surface area contributed by atoms with E-state index < -0.39 is 0 Å². The predicted molar refractivity (Wildman–Crippen MR) is 112 cm³/mol. The number of hydrogen-bond donors (Lipinski definition) is 1. The van der Waals surface area contributed by atoms with Crippen LogP contribution in [0.15, 0.2) is 36.7 Å². The second kappa shape index (κ2) is 8.47. The van der Waals surface area contributed by atoms with E-state index in [-0.39, 0.29) is 17.9 Å². The average molecular weight is 416 g/mol. The van der Waals surface area contributed by atoms with Crippen LogP contribution < -0.4 is 15.4 Å². The zero-order chi connectivity index (χ0) is 20.4. The quantitative estimate of drug-likeness (QED) is 0.605. The molecule has 0 spiro atoms. The Labute approximate surface area is 173 Å². The molecule has 1 aromatic carbocycles. The van der Waals surface area contributed by atoms with Crippen LogP contribution >= 0.6 is 11.6 Å². The SMILES string of the molecule is CC(N)CCOc1ccc(F)cc1[C@H]1CCCN1c1ccc2ncnc(Cl)c2n1. The number of ether oxygens (including phenoxy) is 1. The Kier molecular flexibility index (Phi) is 5.78. The van der Waals surface area contributed by atoms with Gasteiger partial charge in [-0.05, 0) is 56.5 Å². The summed E-state index contributed by atoms with van der Waals surface area (Å²) in [7, 11) is 0. The van der Waals surface area contributed by atoms with Gasteiger partial charge in [-0.25, -0.2) is 19.3 Å². The molecule has 3 heterocycles. The number of anilines is 1. The van der Waals surface area contributed by atoms with E-state index in [0.29, 0.717) is 28.5 Å². The number of aromatic nitrogens is 3.